The van der Waals surface area contributed by atoms with Crippen LogP contribution in [0.4, 0.5) is 10.6 Å². The van der Waals surface area contributed by atoms with Crippen LogP contribution >= 0.6 is 0 Å². The summed E-state index contributed by atoms with van der Waals surface area (Å²) in [5, 5.41) is 6.60. The molecule has 4 N–H and O–H groups in total. The number of benzene rings is 1. The lowest BCUT2D eigenvalue weighted by Gasteiger charge is -2.08. The van der Waals surface area contributed by atoms with E-state index in [1.807, 2.05) is 19.1 Å². The van der Waals surface area contributed by atoms with Crippen molar-refractivity contribution in [3.05, 3.63) is 36.0 Å². The second kappa shape index (κ2) is 5.34. The third-order valence-corrected chi connectivity index (χ3v) is 2.55. The van der Waals surface area contributed by atoms with Crippen LogP contribution in [-0.4, -0.2) is 23.5 Å². The molecule has 0 aliphatic carbocycles. The molecule has 98 valence electrons. The number of primary amides is 1. The number of nitrogens with one attached hydrogen (secondary N) is 2. The second-order valence-corrected chi connectivity index (χ2v) is 3.93. The molecule has 2 aromatic rings. The van der Waals surface area contributed by atoms with Gasteiger partial charge in [0.15, 0.2) is 0 Å². The molecule has 0 fully saturated rings. The van der Waals surface area contributed by atoms with E-state index in [-0.39, 0.29) is 11.7 Å². The minimum absolute atomic E-state index is 0.143. The van der Waals surface area contributed by atoms with E-state index in [4.69, 9.17) is 5.73 Å². The van der Waals surface area contributed by atoms with Gasteiger partial charge in [-0.25, -0.2) is 9.78 Å². The normalized spacial score (nSPS) is 10.2. The van der Waals surface area contributed by atoms with Crippen molar-refractivity contribution in [3.63, 3.8) is 0 Å². The lowest BCUT2D eigenvalue weighted by molar-refractivity contribution is 0.0997. The van der Waals surface area contributed by atoms with E-state index in [1.165, 1.54) is 0 Å². The van der Waals surface area contributed by atoms with Gasteiger partial charge in [-0.1, -0.05) is 24.3 Å². The number of anilines is 1. The van der Waals surface area contributed by atoms with Gasteiger partial charge in [0.25, 0.3) is 5.91 Å². The molecule has 0 unspecified atom stereocenters. The number of hydrogen-bond donors (Lipinski definition) is 3. The summed E-state index contributed by atoms with van der Waals surface area (Å²) < 4.78 is 0. The lowest BCUT2D eigenvalue weighted by atomic mass is 10.1. The Morgan fingerprint density at radius 1 is 1.32 bits per heavy atom. The smallest absolute Gasteiger partial charge is 0.320 e. The van der Waals surface area contributed by atoms with Crippen molar-refractivity contribution in [2.75, 3.05) is 11.9 Å². The van der Waals surface area contributed by atoms with E-state index in [0.717, 1.165) is 5.39 Å². The van der Waals surface area contributed by atoms with Crippen LogP contribution < -0.4 is 16.4 Å². The van der Waals surface area contributed by atoms with Gasteiger partial charge in [0.05, 0.1) is 0 Å². The third kappa shape index (κ3) is 2.79. The number of amides is 3. The lowest BCUT2D eigenvalue weighted by Crippen LogP contribution is -2.29. The number of nitrogens with two attached hydrogens (primary N) is 1. The van der Waals surface area contributed by atoms with Crippen LogP contribution in [0, 0.1) is 0 Å². The van der Waals surface area contributed by atoms with E-state index in [1.54, 1.807) is 18.2 Å². The Morgan fingerprint density at radius 2 is 2.05 bits per heavy atom. The van der Waals surface area contributed by atoms with E-state index in [2.05, 4.69) is 15.6 Å². The van der Waals surface area contributed by atoms with Gasteiger partial charge in [-0.2, -0.15) is 0 Å². The van der Waals surface area contributed by atoms with Gasteiger partial charge in [-0.15, -0.1) is 0 Å². The molecule has 0 spiro atoms. The average molecular weight is 258 g/mol. The van der Waals surface area contributed by atoms with Crippen molar-refractivity contribution >= 4 is 28.5 Å². The van der Waals surface area contributed by atoms with Crippen molar-refractivity contribution < 1.29 is 9.59 Å². The fourth-order valence-electron chi connectivity index (χ4n) is 1.77. The monoisotopic (exact) mass is 258 g/mol. The first-order valence-corrected chi connectivity index (χ1v) is 5.86. The first-order valence-electron chi connectivity index (χ1n) is 5.86. The summed E-state index contributed by atoms with van der Waals surface area (Å²) >= 11 is 0. The van der Waals surface area contributed by atoms with E-state index in [0.29, 0.717) is 17.7 Å². The number of urea groups is 1. The summed E-state index contributed by atoms with van der Waals surface area (Å²) in [7, 11) is 0. The van der Waals surface area contributed by atoms with Crippen molar-refractivity contribution in [2.24, 2.45) is 5.73 Å². The minimum atomic E-state index is -0.629. The van der Waals surface area contributed by atoms with Gasteiger partial charge in [0.1, 0.15) is 11.5 Å². The highest BCUT2D eigenvalue weighted by Gasteiger charge is 2.11. The molecule has 3 amide bonds. The number of carbonyl (C=O) groups is 2. The molecule has 6 nitrogen and oxygen atoms in total. The Hall–Kier alpha value is -2.63. The molecule has 19 heavy (non-hydrogen) atoms. The van der Waals surface area contributed by atoms with Crippen molar-refractivity contribution in [3.8, 4) is 0 Å². The van der Waals surface area contributed by atoms with Crippen molar-refractivity contribution in [1.82, 2.24) is 10.3 Å². The van der Waals surface area contributed by atoms with E-state index >= 15 is 0 Å². The number of carbonyl (C=O) groups excluding carboxylic acids is 2. The molecule has 0 radical (unpaired) electrons. The van der Waals surface area contributed by atoms with E-state index < -0.39 is 5.91 Å². The summed E-state index contributed by atoms with van der Waals surface area (Å²) in [6.45, 7) is 2.31. The highest BCUT2D eigenvalue weighted by atomic mass is 16.2. The van der Waals surface area contributed by atoms with Crippen molar-refractivity contribution in [1.29, 1.82) is 0 Å². The topological polar surface area (TPSA) is 97.1 Å². The van der Waals surface area contributed by atoms with Crippen LogP contribution in [0.1, 0.15) is 17.4 Å². The Labute approximate surface area is 110 Å². The number of aromatic nitrogens is 1. The van der Waals surface area contributed by atoms with E-state index in [9.17, 15) is 9.59 Å². The Balaban J connectivity index is 2.46. The Morgan fingerprint density at radius 3 is 2.74 bits per heavy atom. The van der Waals surface area contributed by atoms with Gasteiger partial charge < -0.3 is 11.1 Å². The molecular weight excluding hydrogens is 244 g/mol. The first kappa shape index (κ1) is 12.8. The zero-order chi connectivity index (χ0) is 13.8. The Kier molecular flexibility index (Phi) is 3.61. The third-order valence-electron chi connectivity index (χ3n) is 2.55. The second-order valence-electron chi connectivity index (χ2n) is 3.93. The molecule has 0 aliphatic heterocycles. The van der Waals surface area contributed by atoms with Crippen LogP contribution in [0.15, 0.2) is 30.3 Å². The maximum atomic E-state index is 11.5. The largest absolute Gasteiger partial charge is 0.364 e. The van der Waals surface area contributed by atoms with Crippen LogP contribution in [-0.2, 0) is 0 Å². The van der Waals surface area contributed by atoms with Crippen LogP contribution in [0.25, 0.3) is 10.8 Å². The highest BCUT2D eigenvalue weighted by Crippen LogP contribution is 2.20. The van der Waals surface area contributed by atoms with Crippen molar-refractivity contribution in [2.45, 2.75) is 6.92 Å². The molecule has 6 heteroatoms. The molecule has 0 atom stereocenters. The fraction of sp³-hybridized carbons (Fsp3) is 0.154. The SMILES string of the molecule is CCNC(=O)Nc1cc2ccccc2c(C(N)=O)n1. The quantitative estimate of drug-likeness (QED) is 0.777. The molecule has 0 saturated carbocycles. The molecule has 1 aromatic heterocycles. The van der Waals surface area contributed by atoms with Gasteiger partial charge in [0, 0.05) is 11.9 Å². The molecule has 1 aromatic carbocycles. The summed E-state index contributed by atoms with van der Waals surface area (Å²) in [5.41, 5.74) is 5.45. The number of fused-ring (bicyclic) bond motifs is 1. The highest BCUT2D eigenvalue weighted by molar-refractivity contribution is 6.06. The maximum absolute atomic E-state index is 11.5. The predicted octanol–water partition coefficient (Wildman–Crippen LogP) is 1.48. The molecule has 0 saturated heterocycles. The predicted molar refractivity (Wildman–Crippen MR) is 73.0 cm³/mol. The van der Waals surface area contributed by atoms with Crippen LogP contribution in [0.2, 0.25) is 0 Å². The summed E-state index contributed by atoms with van der Waals surface area (Å²) in [5.74, 6) is -0.339. The average Bonchev–Trinajstić information content (AvgIpc) is 2.37. The Bertz CT molecular complexity index is 640. The summed E-state index contributed by atoms with van der Waals surface area (Å²) in [6.07, 6.45) is 0. The molecule has 2 rings (SSSR count). The minimum Gasteiger partial charge on any atom is -0.364 e. The fourth-order valence-corrected chi connectivity index (χ4v) is 1.77. The summed E-state index contributed by atoms with van der Waals surface area (Å²) in [4.78, 5) is 26.9. The van der Waals surface area contributed by atoms with Gasteiger partial charge in [-0.3, -0.25) is 10.1 Å². The first-order chi connectivity index (χ1) is 9.11. The molecular formula is C13H14N4O2. The number of pyridine rings is 1. The maximum Gasteiger partial charge on any atom is 0.320 e. The van der Waals surface area contributed by atoms with Gasteiger partial charge >= 0.3 is 6.03 Å². The van der Waals surface area contributed by atoms with Gasteiger partial charge in [-0.05, 0) is 18.4 Å². The van der Waals surface area contributed by atoms with Gasteiger partial charge in [0.2, 0.25) is 0 Å². The zero-order valence-corrected chi connectivity index (χ0v) is 10.4. The number of rotatable bonds is 3. The molecule has 1 heterocycles. The molecule has 0 bridgehead atoms. The van der Waals surface area contributed by atoms with Crippen LogP contribution in [0.3, 0.4) is 0 Å². The molecule has 0 aliphatic rings. The standard InChI is InChI=1S/C13H14N4O2/c1-2-15-13(19)17-10-7-8-5-3-4-6-9(8)11(16-10)12(14)18/h3-7H,2H2,1H3,(H2,14,18)(H2,15,16,17,19). The van der Waals surface area contributed by atoms with Crippen LogP contribution in [0.5, 0.6) is 0 Å². The number of nitrogens with zero attached hydrogens (tertiary/aromatic N) is 1. The summed E-state index contributed by atoms with van der Waals surface area (Å²) in [6, 6.07) is 8.54. The zero-order valence-electron chi connectivity index (χ0n) is 10.4. The number of hydrogen-bond acceptors (Lipinski definition) is 3.